The van der Waals surface area contributed by atoms with E-state index in [1.54, 1.807) is 36.3 Å². The fraction of sp³-hybridized carbons (Fsp3) is 0.148. The van der Waals surface area contributed by atoms with Crippen molar-refractivity contribution >= 4 is 26.8 Å². The van der Waals surface area contributed by atoms with Crippen LogP contribution in [0.5, 0.6) is 5.75 Å². The summed E-state index contributed by atoms with van der Waals surface area (Å²) in [6.07, 6.45) is 0. The molecule has 0 heterocycles. The molecule has 180 valence electrons. The molecule has 4 rings (SSSR count). The zero-order chi connectivity index (χ0) is 24.8. The molecule has 0 N–H and O–H groups in total. The molecule has 0 aromatic heterocycles. The lowest BCUT2D eigenvalue weighted by atomic mass is 10.0. The van der Waals surface area contributed by atoms with Gasteiger partial charge in [0, 0.05) is 25.8 Å². The lowest BCUT2D eigenvalue weighted by Crippen LogP contribution is -2.33. The number of methoxy groups -OCH3 is 1. The first-order valence-electron chi connectivity index (χ1n) is 10.9. The van der Waals surface area contributed by atoms with Crippen LogP contribution in [0.1, 0.15) is 15.9 Å². The molecule has 0 aliphatic rings. The summed E-state index contributed by atoms with van der Waals surface area (Å²) in [6.45, 7) is 0.905. The maximum atomic E-state index is 13.5. The number of nitrogens with zero attached hydrogens (tertiary/aromatic N) is 1. The molecule has 8 heteroatoms. The maximum Gasteiger partial charge on any atom is 0.339 e. The van der Waals surface area contributed by atoms with E-state index in [0.29, 0.717) is 24.3 Å². The van der Waals surface area contributed by atoms with Gasteiger partial charge in [0.1, 0.15) is 16.5 Å². The number of carbonyl (C=O) groups is 1. The smallest absolute Gasteiger partial charge is 0.339 e. The summed E-state index contributed by atoms with van der Waals surface area (Å²) in [5.41, 5.74) is 1.26. The van der Waals surface area contributed by atoms with Crippen molar-refractivity contribution in [3.63, 3.8) is 0 Å². The van der Waals surface area contributed by atoms with E-state index in [4.69, 9.17) is 8.92 Å². The first-order chi connectivity index (χ1) is 16.9. The number of amides is 1. The largest absolute Gasteiger partial charge is 0.383 e. The van der Waals surface area contributed by atoms with Gasteiger partial charge in [-0.3, -0.25) is 4.79 Å². The van der Waals surface area contributed by atoms with Gasteiger partial charge in [-0.05, 0) is 58.8 Å². The van der Waals surface area contributed by atoms with E-state index in [9.17, 15) is 17.6 Å². The molecular weight excluding hydrogens is 469 g/mol. The molecule has 6 nitrogen and oxygen atoms in total. The molecule has 0 aliphatic carbocycles. The van der Waals surface area contributed by atoms with Gasteiger partial charge in [-0.2, -0.15) is 8.42 Å². The standard InChI is InChI=1S/C27H24FNO5S/c1-33-17-16-29(27(30)26-11-5-8-21-7-2-3-10-25(21)26)19-20-6-4-9-23(18-20)34-35(31,32)24-14-12-22(28)13-15-24/h2-15,18H,16-17,19H2,1H3. The molecule has 0 radical (unpaired) electrons. The van der Waals surface area contributed by atoms with E-state index in [0.717, 1.165) is 35.0 Å². The number of hydrogen-bond donors (Lipinski definition) is 0. The highest BCUT2D eigenvalue weighted by Crippen LogP contribution is 2.23. The first kappa shape index (κ1) is 24.4. The number of rotatable bonds is 9. The van der Waals surface area contributed by atoms with Crippen LogP contribution in [0.15, 0.2) is 95.9 Å². The van der Waals surface area contributed by atoms with Gasteiger partial charge in [-0.15, -0.1) is 0 Å². The number of ether oxygens (including phenoxy) is 1. The highest BCUT2D eigenvalue weighted by Gasteiger charge is 2.20. The average molecular weight is 494 g/mol. The molecule has 0 bridgehead atoms. The third-order valence-corrected chi connectivity index (χ3v) is 6.71. The van der Waals surface area contributed by atoms with Crippen LogP contribution in [-0.2, 0) is 21.4 Å². The second-order valence-corrected chi connectivity index (χ2v) is 9.43. The van der Waals surface area contributed by atoms with Gasteiger partial charge in [0.25, 0.3) is 5.91 Å². The van der Waals surface area contributed by atoms with Crippen molar-refractivity contribution in [1.82, 2.24) is 4.90 Å². The number of hydrogen-bond acceptors (Lipinski definition) is 5. The van der Waals surface area contributed by atoms with Gasteiger partial charge in [0.2, 0.25) is 0 Å². The van der Waals surface area contributed by atoms with Crippen LogP contribution in [0.2, 0.25) is 0 Å². The van der Waals surface area contributed by atoms with Gasteiger partial charge in [-0.25, -0.2) is 4.39 Å². The summed E-state index contributed by atoms with van der Waals surface area (Å²) in [5, 5.41) is 1.82. The van der Waals surface area contributed by atoms with Crippen molar-refractivity contribution in [2.45, 2.75) is 11.4 Å². The third kappa shape index (κ3) is 5.85. The van der Waals surface area contributed by atoms with Crippen molar-refractivity contribution in [2.24, 2.45) is 0 Å². The van der Waals surface area contributed by atoms with E-state index < -0.39 is 15.9 Å². The lowest BCUT2D eigenvalue weighted by Gasteiger charge is -2.23. The van der Waals surface area contributed by atoms with Gasteiger partial charge in [-0.1, -0.05) is 48.5 Å². The van der Waals surface area contributed by atoms with E-state index in [1.807, 2.05) is 36.4 Å². The van der Waals surface area contributed by atoms with Gasteiger partial charge in [0.15, 0.2) is 0 Å². The van der Waals surface area contributed by atoms with Crippen LogP contribution >= 0.6 is 0 Å². The minimum absolute atomic E-state index is 0.0936. The molecule has 1 amide bonds. The quantitative estimate of drug-likeness (QED) is 0.306. The van der Waals surface area contributed by atoms with E-state index >= 15 is 0 Å². The number of benzene rings is 4. The van der Waals surface area contributed by atoms with Crippen LogP contribution in [0, 0.1) is 5.82 Å². The molecule has 4 aromatic rings. The Morgan fingerprint density at radius 1 is 0.914 bits per heavy atom. The van der Waals surface area contributed by atoms with Crippen molar-refractivity contribution in [3.8, 4) is 5.75 Å². The van der Waals surface area contributed by atoms with Crippen LogP contribution in [-0.4, -0.2) is 39.5 Å². The minimum atomic E-state index is -4.14. The highest BCUT2D eigenvalue weighted by atomic mass is 32.2. The fourth-order valence-electron chi connectivity index (χ4n) is 3.73. The van der Waals surface area contributed by atoms with Gasteiger partial charge < -0.3 is 13.8 Å². The predicted octanol–water partition coefficient (Wildman–Crippen LogP) is 5.04. The summed E-state index contributed by atoms with van der Waals surface area (Å²) < 4.78 is 48.8. The van der Waals surface area contributed by atoms with Crippen LogP contribution in [0.4, 0.5) is 4.39 Å². The zero-order valence-electron chi connectivity index (χ0n) is 19.1. The highest BCUT2D eigenvalue weighted by molar-refractivity contribution is 7.87. The summed E-state index contributed by atoms with van der Waals surface area (Å²) in [7, 11) is -2.58. The Hall–Kier alpha value is -3.75. The predicted molar refractivity (Wildman–Crippen MR) is 131 cm³/mol. The molecule has 0 atom stereocenters. The minimum Gasteiger partial charge on any atom is -0.383 e. The molecule has 0 unspecified atom stereocenters. The molecule has 0 aliphatic heterocycles. The molecule has 0 spiro atoms. The van der Waals surface area contributed by atoms with Crippen LogP contribution < -0.4 is 4.18 Å². The van der Waals surface area contributed by atoms with Crippen LogP contribution in [0.25, 0.3) is 10.8 Å². The zero-order valence-corrected chi connectivity index (χ0v) is 19.9. The molecule has 4 aromatic carbocycles. The second-order valence-electron chi connectivity index (χ2n) is 7.88. The normalized spacial score (nSPS) is 11.4. The van der Waals surface area contributed by atoms with Crippen molar-refractivity contribution in [1.29, 1.82) is 0 Å². The Bertz CT molecular complexity index is 1430. The van der Waals surface area contributed by atoms with E-state index in [-0.39, 0.29) is 23.1 Å². The topological polar surface area (TPSA) is 72.9 Å². The van der Waals surface area contributed by atoms with Gasteiger partial charge >= 0.3 is 10.1 Å². The Kier molecular flexibility index (Phi) is 7.43. The molecule has 0 saturated carbocycles. The van der Waals surface area contributed by atoms with Crippen LogP contribution in [0.3, 0.4) is 0 Å². The summed E-state index contributed by atoms with van der Waals surface area (Å²) in [4.78, 5) is 15.0. The summed E-state index contributed by atoms with van der Waals surface area (Å²) in [6, 6.07) is 24.2. The second kappa shape index (κ2) is 10.7. The first-order valence-corrected chi connectivity index (χ1v) is 12.3. The van der Waals surface area contributed by atoms with Crippen molar-refractivity contribution in [3.05, 3.63) is 108 Å². The Morgan fingerprint density at radius 2 is 1.63 bits per heavy atom. The Labute approximate surface area is 203 Å². The Balaban J connectivity index is 1.58. The Morgan fingerprint density at radius 3 is 2.40 bits per heavy atom. The maximum absolute atomic E-state index is 13.5. The number of carbonyl (C=O) groups excluding carboxylic acids is 1. The van der Waals surface area contributed by atoms with E-state index in [2.05, 4.69) is 0 Å². The molecule has 0 fully saturated rings. The van der Waals surface area contributed by atoms with Crippen molar-refractivity contribution < 1.29 is 26.5 Å². The molecule has 0 saturated heterocycles. The number of halogens is 1. The monoisotopic (exact) mass is 493 g/mol. The molecular formula is C27H24FNO5S. The summed E-state index contributed by atoms with van der Waals surface area (Å²) in [5.74, 6) is -0.613. The van der Waals surface area contributed by atoms with Crippen molar-refractivity contribution in [2.75, 3.05) is 20.3 Å². The fourth-order valence-corrected chi connectivity index (χ4v) is 4.65. The number of fused-ring (bicyclic) bond motifs is 1. The lowest BCUT2D eigenvalue weighted by molar-refractivity contribution is 0.0682. The third-order valence-electron chi connectivity index (χ3n) is 5.45. The molecule has 35 heavy (non-hydrogen) atoms. The average Bonchev–Trinajstić information content (AvgIpc) is 2.86. The summed E-state index contributed by atoms with van der Waals surface area (Å²) >= 11 is 0. The SMILES string of the molecule is COCCN(Cc1cccc(OS(=O)(=O)c2ccc(F)cc2)c1)C(=O)c1cccc2ccccc12. The van der Waals surface area contributed by atoms with Gasteiger partial charge in [0.05, 0.1) is 6.61 Å². The van der Waals surface area contributed by atoms with E-state index in [1.165, 1.54) is 6.07 Å².